The molecular formula is C22H24ClNO8S-2. The Bertz CT molecular complexity index is 1040. The molecule has 1 aliphatic rings. The maximum atomic E-state index is 12.8. The summed E-state index contributed by atoms with van der Waals surface area (Å²) in [4.78, 5) is 15.0. The van der Waals surface area contributed by atoms with Crippen LogP contribution in [0.3, 0.4) is 0 Å². The van der Waals surface area contributed by atoms with Crippen LogP contribution in [0.2, 0.25) is 5.02 Å². The number of carbonyl (C=O) groups is 1. The number of hydrogen-bond acceptors (Lipinski definition) is 9. The average molecular weight is 498 g/mol. The van der Waals surface area contributed by atoms with Crippen molar-refractivity contribution >= 4 is 33.9 Å². The summed E-state index contributed by atoms with van der Waals surface area (Å²) < 4.78 is 50.6. The van der Waals surface area contributed by atoms with E-state index in [0.717, 1.165) is 38.4 Å². The van der Waals surface area contributed by atoms with Crippen molar-refractivity contribution in [1.82, 2.24) is 4.90 Å². The van der Waals surface area contributed by atoms with Gasteiger partial charge in [-0.25, -0.2) is 0 Å². The molecule has 3 rings (SSSR count). The number of allylic oxidation sites excluding steroid dienone is 1. The molecule has 1 saturated heterocycles. The van der Waals surface area contributed by atoms with E-state index in [9.17, 15) is 4.79 Å². The van der Waals surface area contributed by atoms with Gasteiger partial charge in [0, 0.05) is 40.6 Å². The Morgan fingerprint density at radius 2 is 1.82 bits per heavy atom. The summed E-state index contributed by atoms with van der Waals surface area (Å²) in [6.07, 6.45) is 3.25. The lowest BCUT2D eigenvalue weighted by Gasteiger charge is -2.26. The molecule has 180 valence electrons. The van der Waals surface area contributed by atoms with Crippen LogP contribution in [0.1, 0.15) is 15.9 Å². The molecule has 11 heteroatoms. The van der Waals surface area contributed by atoms with E-state index in [1.165, 1.54) is 6.08 Å². The fraction of sp³-hybridized carbons (Fsp3) is 0.318. The maximum Gasteiger partial charge on any atom is 0.189 e. The predicted octanol–water partition coefficient (Wildman–Crippen LogP) is 2.62. The van der Waals surface area contributed by atoms with E-state index in [2.05, 4.69) is 4.90 Å². The minimum atomic E-state index is -5.17. The Balaban J connectivity index is 0.000000696. The SMILES string of the molecule is COc1ccccc1/C=C/C(=O)c1cc(Cl)ccc1OCCN1CCOCC1.O=S(=O)([O-])[O-]. The van der Waals surface area contributed by atoms with Crippen LogP contribution >= 0.6 is 11.6 Å². The molecule has 0 spiro atoms. The van der Waals surface area contributed by atoms with Crippen molar-refractivity contribution in [2.24, 2.45) is 0 Å². The number of nitrogens with zero attached hydrogens (tertiary/aromatic N) is 1. The van der Waals surface area contributed by atoms with Crippen LogP contribution in [0.25, 0.3) is 6.08 Å². The molecule has 0 N–H and O–H groups in total. The summed E-state index contributed by atoms with van der Waals surface area (Å²) >= 11 is 6.11. The fourth-order valence-electron chi connectivity index (χ4n) is 2.99. The van der Waals surface area contributed by atoms with E-state index in [4.69, 9.17) is 43.3 Å². The molecule has 0 atom stereocenters. The van der Waals surface area contributed by atoms with Crippen LogP contribution in [0.4, 0.5) is 0 Å². The van der Waals surface area contributed by atoms with E-state index >= 15 is 0 Å². The standard InChI is InChI=1S/C22H24ClNO4.H2O4S/c1-26-21-5-3-2-4-17(21)6-8-20(25)19-16-18(23)7-9-22(19)28-15-12-24-10-13-27-14-11-24;1-5(2,3)4/h2-9,16H,10-15H2,1H3;(H2,1,2,3,4)/p-2/b8-6+;. The first kappa shape index (κ1) is 26.8. The highest BCUT2D eigenvalue weighted by atomic mass is 35.5. The minimum absolute atomic E-state index is 0.172. The normalized spacial score (nSPS) is 14.4. The van der Waals surface area contributed by atoms with Gasteiger partial charge >= 0.3 is 0 Å². The molecule has 9 nitrogen and oxygen atoms in total. The number of para-hydroxylation sites is 1. The second-order valence-corrected chi connectivity index (χ2v) is 8.04. The molecule has 0 unspecified atom stereocenters. The fourth-order valence-corrected chi connectivity index (χ4v) is 3.16. The zero-order valence-electron chi connectivity index (χ0n) is 17.9. The number of methoxy groups -OCH3 is 1. The third-order valence-corrected chi connectivity index (χ3v) is 4.76. The first-order valence-corrected chi connectivity index (χ1v) is 11.6. The van der Waals surface area contributed by atoms with Crippen LogP contribution in [0, 0.1) is 0 Å². The Morgan fingerprint density at radius 3 is 2.48 bits per heavy atom. The topological polar surface area (TPSA) is 128 Å². The Labute approximate surface area is 198 Å². The summed E-state index contributed by atoms with van der Waals surface area (Å²) in [5, 5.41) is 0.495. The summed E-state index contributed by atoms with van der Waals surface area (Å²) in [5.41, 5.74) is 1.27. The highest BCUT2D eigenvalue weighted by Gasteiger charge is 2.14. The van der Waals surface area contributed by atoms with Crippen molar-refractivity contribution in [2.75, 3.05) is 46.6 Å². The van der Waals surface area contributed by atoms with Crippen LogP contribution in [0.5, 0.6) is 11.5 Å². The second-order valence-electron chi connectivity index (χ2n) is 6.79. The number of ether oxygens (including phenoxy) is 3. The Morgan fingerprint density at radius 1 is 1.15 bits per heavy atom. The van der Waals surface area contributed by atoms with Crippen molar-refractivity contribution in [1.29, 1.82) is 0 Å². The number of morpholine rings is 1. The van der Waals surface area contributed by atoms with Gasteiger partial charge in [0.25, 0.3) is 0 Å². The zero-order chi connectivity index (χ0) is 24.3. The molecule has 1 aliphatic heterocycles. The number of hydrogen-bond donors (Lipinski definition) is 0. The molecule has 0 saturated carbocycles. The molecule has 0 aromatic heterocycles. The lowest BCUT2D eigenvalue weighted by atomic mass is 10.1. The second kappa shape index (κ2) is 13.3. The molecule has 0 bridgehead atoms. The summed E-state index contributed by atoms with van der Waals surface area (Å²) in [5.74, 6) is 1.07. The van der Waals surface area contributed by atoms with Gasteiger partial charge in [-0.1, -0.05) is 29.8 Å². The van der Waals surface area contributed by atoms with E-state index in [-0.39, 0.29) is 5.78 Å². The number of benzene rings is 2. The maximum absolute atomic E-state index is 12.8. The van der Waals surface area contributed by atoms with Crippen molar-refractivity contribution < 1.29 is 36.5 Å². The van der Waals surface area contributed by atoms with Crippen molar-refractivity contribution in [3.05, 3.63) is 64.7 Å². The van der Waals surface area contributed by atoms with Gasteiger partial charge in [-0.2, -0.15) is 0 Å². The van der Waals surface area contributed by atoms with E-state index < -0.39 is 10.4 Å². The van der Waals surface area contributed by atoms with Gasteiger partial charge < -0.3 is 23.3 Å². The summed E-state index contributed by atoms with van der Waals surface area (Å²) in [7, 11) is -3.56. The van der Waals surface area contributed by atoms with Crippen LogP contribution in [-0.4, -0.2) is 74.8 Å². The quantitative estimate of drug-likeness (QED) is 0.234. The lowest BCUT2D eigenvalue weighted by Crippen LogP contribution is -2.38. The van der Waals surface area contributed by atoms with Crippen molar-refractivity contribution in [3.8, 4) is 11.5 Å². The van der Waals surface area contributed by atoms with Crippen molar-refractivity contribution in [2.45, 2.75) is 0 Å². The minimum Gasteiger partial charge on any atom is -0.759 e. The molecule has 0 aliphatic carbocycles. The molecule has 0 radical (unpaired) electrons. The first-order valence-electron chi connectivity index (χ1n) is 9.92. The van der Waals surface area contributed by atoms with Crippen LogP contribution in [-0.2, 0) is 15.1 Å². The largest absolute Gasteiger partial charge is 0.759 e. The molecule has 1 heterocycles. The molecule has 1 fully saturated rings. The lowest BCUT2D eigenvalue weighted by molar-refractivity contribution is 0.0322. The van der Waals surface area contributed by atoms with E-state index in [1.807, 2.05) is 24.3 Å². The molecule has 2 aromatic rings. The summed E-state index contributed by atoms with van der Waals surface area (Å²) in [6, 6.07) is 12.6. The molecule has 2 aromatic carbocycles. The molecular weight excluding hydrogens is 474 g/mol. The van der Waals surface area contributed by atoms with Gasteiger partial charge in [0.15, 0.2) is 5.78 Å². The Hall–Kier alpha value is -2.47. The monoisotopic (exact) mass is 497 g/mol. The van der Waals surface area contributed by atoms with Gasteiger partial charge in [-0.15, -0.1) is 0 Å². The number of carbonyl (C=O) groups excluding carboxylic acids is 1. The third kappa shape index (κ3) is 10.3. The predicted molar refractivity (Wildman–Crippen MR) is 121 cm³/mol. The molecule has 0 amide bonds. The van der Waals surface area contributed by atoms with Crippen LogP contribution < -0.4 is 9.47 Å². The number of halogens is 1. The van der Waals surface area contributed by atoms with Crippen LogP contribution in [0.15, 0.2) is 48.5 Å². The third-order valence-electron chi connectivity index (χ3n) is 4.53. The van der Waals surface area contributed by atoms with E-state index in [0.29, 0.717) is 28.7 Å². The Kier molecular flexibility index (Phi) is 10.8. The van der Waals surface area contributed by atoms with Gasteiger partial charge in [0.05, 0.1) is 25.9 Å². The van der Waals surface area contributed by atoms with Gasteiger partial charge in [-0.3, -0.25) is 18.1 Å². The summed E-state index contributed by atoms with van der Waals surface area (Å²) in [6.45, 7) is 4.58. The number of ketones is 1. The van der Waals surface area contributed by atoms with Gasteiger partial charge in [0.2, 0.25) is 0 Å². The van der Waals surface area contributed by atoms with Gasteiger partial charge in [-0.05, 0) is 36.4 Å². The number of rotatable bonds is 8. The van der Waals surface area contributed by atoms with Crippen molar-refractivity contribution in [3.63, 3.8) is 0 Å². The highest BCUT2D eigenvalue weighted by Crippen LogP contribution is 2.25. The van der Waals surface area contributed by atoms with E-state index in [1.54, 1.807) is 31.4 Å². The zero-order valence-corrected chi connectivity index (χ0v) is 19.5. The first-order chi connectivity index (χ1) is 15.7. The highest BCUT2D eigenvalue weighted by molar-refractivity contribution is 7.79. The smallest absolute Gasteiger partial charge is 0.189 e. The van der Waals surface area contributed by atoms with Gasteiger partial charge in [0.1, 0.15) is 18.1 Å². The average Bonchev–Trinajstić information content (AvgIpc) is 2.78. The molecule has 33 heavy (non-hydrogen) atoms.